The third-order valence-corrected chi connectivity index (χ3v) is 36.1. The number of allylic oxidation sites excluding steroid dienone is 4. The monoisotopic (exact) mass is 1120 g/mol. The number of hydrogen-bond donors (Lipinski definition) is 2. The van der Waals surface area contributed by atoms with Crippen LogP contribution in [0.4, 0.5) is 0 Å². The van der Waals surface area contributed by atoms with Gasteiger partial charge in [0.25, 0.3) is 0 Å². The van der Waals surface area contributed by atoms with Gasteiger partial charge in [-0.2, -0.15) is 0 Å². The summed E-state index contributed by atoms with van der Waals surface area (Å²) in [4.78, 5) is 22.1. The van der Waals surface area contributed by atoms with Gasteiger partial charge < -0.3 is 54.6 Å². The molecule has 1 aliphatic rings. The maximum Gasteiger partial charge on any atom is 0.363 e. The molecule has 0 radical (unpaired) electrons. The van der Waals surface area contributed by atoms with E-state index in [9.17, 15) is 9.59 Å². The molecule has 70 heavy (non-hydrogen) atoms. The van der Waals surface area contributed by atoms with E-state index in [1.165, 1.54) is 12.2 Å². The standard InChI is InChI=1S/C24H48O6Si4.C17H44O5Si4.C7H4O2.H2O/c1-31(2,3)28-33(7,8)30-34(9,29-32(4,5)6)22-16-20-26-19-14-11-15-21-27-24(25)23-17-12-10-13-18-23;1-23(2,3)20-25(7,8)22-26(9,21-24(4,5)6)17-13-16-19-15-12-10-11-14-18;8-7(9)6-4-2-1-3-5-6;/h10,12-13,17-18H,11,14-16,19-22H2,1-9H3;18H,10-17H2,1-9H3;2-5H;1H2. The molecule has 1 aromatic rings. The first-order valence-electron chi connectivity index (χ1n) is 25.0. The molecule has 2 rings (SSSR count). The van der Waals surface area contributed by atoms with Gasteiger partial charge >= 0.3 is 46.2 Å². The predicted octanol–water partition coefficient (Wildman–Crippen LogP) is 12.7. The molecule has 0 heterocycles. The van der Waals surface area contributed by atoms with Crippen LogP contribution < -0.4 is 0 Å². The zero-order valence-corrected chi connectivity index (χ0v) is 54.8. The second-order valence-corrected chi connectivity index (χ2v) is 55.4. The van der Waals surface area contributed by atoms with E-state index in [-0.39, 0.29) is 18.1 Å². The molecule has 0 spiro atoms. The third kappa shape index (κ3) is 41.0. The Morgan fingerprint density at radius 2 is 0.914 bits per heavy atom. The van der Waals surface area contributed by atoms with Gasteiger partial charge in [-0.3, -0.25) is 0 Å². The minimum Gasteiger partial charge on any atom is -0.870 e. The van der Waals surface area contributed by atoms with Gasteiger partial charge in [0.2, 0.25) is 0 Å². The van der Waals surface area contributed by atoms with Crippen LogP contribution in [0.2, 0.25) is 130 Å². The molecule has 2 unspecified atom stereocenters. The predicted molar refractivity (Wildman–Crippen MR) is 305 cm³/mol. The molecule has 0 saturated carbocycles. The summed E-state index contributed by atoms with van der Waals surface area (Å²) in [6.07, 6.45) is 16.5. The van der Waals surface area contributed by atoms with Gasteiger partial charge in [-0.1, -0.05) is 18.2 Å². The van der Waals surface area contributed by atoms with Crippen LogP contribution in [0.15, 0.2) is 60.2 Å². The number of aliphatic hydroxyl groups excluding tert-OH is 1. The van der Waals surface area contributed by atoms with Gasteiger partial charge in [0.15, 0.2) is 38.8 Å². The SMILES string of the molecule is C[Si](C)(C)O[Si](C)(C)O[Si](C)(CCCOCCCCCO)O[Si](C)(C)C.C[Si](C)(C)O[Si](C)(C)O[Si](C)(CCCOCCCCCOC(=O)c1ccccc1)O[Si](C)(C)C.O=C(O)C1=CC=[C+]C=C1.[OH-]. The lowest BCUT2D eigenvalue weighted by atomic mass is 10.2. The normalized spacial score (nSPS) is 14.9. The van der Waals surface area contributed by atoms with Crippen LogP contribution in [0.1, 0.15) is 61.7 Å². The fourth-order valence-corrected chi connectivity index (χ4v) is 43.5. The Kier molecular flexibility index (Phi) is 34.6. The molecule has 3 N–H and O–H groups in total. The van der Waals surface area contributed by atoms with Crippen molar-refractivity contribution in [2.75, 3.05) is 39.6 Å². The van der Waals surface area contributed by atoms with Crippen LogP contribution >= 0.6 is 0 Å². The van der Waals surface area contributed by atoms with Crippen LogP contribution in [0.3, 0.4) is 0 Å². The molecule has 0 bridgehead atoms. The Hall–Kier alpha value is -1.37. The second-order valence-electron chi connectivity index (χ2n) is 22.5. The van der Waals surface area contributed by atoms with Gasteiger partial charge in [-0.15, -0.1) is 0 Å². The van der Waals surface area contributed by atoms with Crippen LogP contribution in [0, 0.1) is 6.08 Å². The average molecular weight is 1120 g/mol. The number of carbonyl (C=O) groups is 2. The van der Waals surface area contributed by atoms with Crippen molar-refractivity contribution in [3.63, 3.8) is 0 Å². The maximum atomic E-state index is 11.9. The van der Waals surface area contributed by atoms with Gasteiger partial charge in [-0.25, -0.2) is 9.59 Å². The highest BCUT2D eigenvalue weighted by Crippen LogP contribution is 2.29. The first-order valence-corrected chi connectivity index (χ1v) is 49.3. The van der Waals surface area contributed by atoms with E-state index in [1.54, 1.807) is 24.3 Å². The van der Waals surface area contributed by atoms with E-state index in [2.05, 4.69) is 124 Å². The quantitative estimate of drug-likeness (QED) is 0.0293. The highest BCUT2D eigenvalue weighted by Gasteiger charge is 2.45. The zero-order chi connectivity index (χ0) is 53.1. The topological polar surface area (TPSA) is 188 Å². The van der Waals surface area contributed by atoms with E-state index in [4.69, 9.17) is 49.1 Å². The van der Waals surface area contributed by atoms with Crippen LogP contribution in [-0.4, -0.2) is 135 Å². The molecule has 0 saturated heterocycles. The molecule has 0 aliphatic heterocycles. The number of carbonyl (C=O) groups excluding carboxylic acids is 1. The van der Waals surface area contributed by atoms with Crippen LogP contribution in [0.25, 0.3) is 0 Å². The van der Waals surface area contributed by atoms with E-state index in [1.807, 2.05) is 18.2 Å². The van der Waals surface area contributed by atoms with Crippen LogP contribution in [0.5, 0.6) is 0 Å². The van der Waals surface area contributed by atoms with Gasteiger partial charge in [0.1, 0.15) is 12.2 Å². The van der Waals surface area contributed by atoms with Gasteiger partial charge in [-0.05, 0) is 193 Å². The Bertz CT molecular complexity index is 1670. The highest BCUT2D eigenvalue weighted by atomic mass is 28.5. The maximum absolute atomic E-state index is 11.9. The number of rotatable bonds is 33. The number of carboxylic acids is 1. The molecule has 1 aromatic carbocycles. The molecule has 0 aromatic heterocycles. The molecular formula is C48H98O14Si8. The lowest BCUT2D eigenvalue weighted by Crippen LogP contribution is -2.56. The Labute approximate surface area is 434 Å². The molecule has 0 amide bonds. The van der Waals surface area contributed by atoms with Crippen molar-refractivity contribution >= 4 is 79.5 Å². The molecule has 0 fully saturated rings. The van der Waals surface area contributed by atoms with E-state index < -0.39 is 73.5 Å². The number of esters is 1. The van der Waals surface area contributed by atoms with Gasteiger partial charge in [0.05, 0.1) is 24.3 Å². The van der Waals surface area contributed by atoms with E-state index >= 15 is 0 Å². The number of aliphatic carboxylic acids is 1. The first-order chi connectivity index (χ1) is 31.6. The smallest absolute Gasteiger partial charge is 0.363 e. The minimum absolute atomic E-state index is 0. The van der Waals surface area contributed by atoms with Crippen molar-refractivity contribution in [3.8, 4) is 0 Å². The summed E-state index contributed by atoms with van der Waals surface area (Å²) in [5.41, 5.74) is 0.898. The van der Waals surface area contributed by atoms with Crippen molar-refractivity contribution < 1.29 is 64.2 Å². The van der Waals surface area contributed by atoms with E-state index in [0.29, 0.717) is 24.4 Å². The fourth-order valence-electron chi connectivity index (χ4n) is 7.62. The lowest BCUT2D eigenvalue weighted by Gasteiger charge is -2.41. The molecule has 2 atom stereocenters. The molecule has 14 nitrogen and oxygen atoms in total. The van der Waals surface area contributed by atoms with Crippen LogP contribution in [-0.2, 0) is 43.7 Å². The number of aliphatic hydroxyl groups is 1. The van der Waals surface area contributed by atoms with Crippen molar-refractivity contribution in [2.24, 2.45) is 0 Å². The molecule has 22 heteroatoms. The average Bonchev–Trinajstić information content (AvgIpc) is 3.16. The third-order valence-electron chi connectivity index (χ3n) is 9.00. The number of hydrogen-bond acceptors (Lipinski definition) is 13. The number of ether oxygens (including phenoxy) is 3. The lowest BCUT2D eigenvalue weighted by molar-refractivity contribution is -0.132. The summed E-state index contributed by atoms with van der Waals surface area (Å²) < 4.78 is 56.3. The summed E-state index contributed by atoms with van der Waals surface area (Å²) in [6, 6.07) is 11.0. The first kappa shape index (κ1) is 70.7. The summed E-state index contributed by atoms with van der Waals surface area (Å²) in [7, 11) is -15.9. The molecule has 406 valence electrons. The number of carboxylic acid groups (broad SMARTS) is 1. The molecular weight excluding hydrogens is 1030 g/mol. The summed E-state index contributed by atoms with van der Waals surface area (Å²) in [5, 5.41) is 17.2. The largest absolute Gasteiger partial charge is 0.870 e. The van der Waals surface area contributed by atoms with Gasteiger partial charge in [0, 0.05) is 39.1 Å². The second kappa shape index (κ2) is 34.2. The summed E-state index contributed by atoms with van der Waals surface area (Å²) >= 11 is 0. The van der Waals surface area contributed by atoms with E-state index in [0.717, 1.165) is 83.3 Å². The summed E-state index contributed by atoms with van der Waals surface area (Å²) in [5.74, 6) is -1.16. The molecule has 1 aliphatic carbocycles. The fraction of sp³-hybridized carbons (Fsp3) is 0.708. The number of unbranched alkanes of at least 4 members (excludes halogenated alkanes) is 4. The zero-order valence-electron chi connectivity index (χ0n) is 46.8. The Balaban J connectivity index is 0. The van der Waals surface area contributed by atoms with Crippen molar-refractivity contribution in [3.05, 3.63) is 71.8 Å². The summed E-state index contributed by atoms with van der Waals surface area (Å²) in [6.45, 7) is 43.3. The highest BCUT2D eigenvalue weighted by molar-refractivity contribution is 6.90. The van der Waals surface area contributed by atoms with Crippen molar-refractivity contribution in [1.29, 1.82) is 0 Å². The Morgan fingerprint density at radius 3 is 1.27 bits per heavy atom. The van der Waals surface area contributed by atoms with Crippen molar-refractivity contribution in [1.82, 2.24) is 0 Å². The van der Waals surface area contributed by atoms with Crippen molar-refractivity contribution in [2.45, 2.75) is 181 Å². The number of benzene rings is 1. The Morgan fingerprint density at radius 1 is 0.514 bits per heavy atom. The minimum atomic E-state index is -2.35.